The van der Waals surface area contributed by atoms with Crippen LogP contribution in [0.5, 0.6) is 0 Å². The van der Waals surface area contributed by atoms with Gasteiger partial charge in [-0.2, -0.15) is 0 Å². The minimum atomic E-state index is 0.719. The van der Waals surface area contributed by atoms with Crippen molar-refractivity contribution in [1.82, 2.24) is 20.3 Å². The lowest BCUT2D eigenvalue weighted by Gasteiger charge is -2.10. The average Bonchev–Trinajstić information content (AvgIpc) is 3.06. The Morgan fingerprint density at radius 3 is 2.59 bits per heavy atom. The topological polar surface area (TPSA) is 65.6 Å². The first-order valence-electron chi connectivity index (χ1n) is 9.46. The number of H-pyrrole nitrogens is 1. The van der Waals surface area contributed by atoms with Gasteiger partial charge >= 0.3 is 0 Å². The maximum atomic E-state index is 4.89. The van der Waals surface area contributed by atoms with Crippen molar-refractivity contribution < 1.29 is 0 Å². The smallest absolute Gasteiger partial charge is 0.144 e. The molecular formula is C22H25N5. The van der Waals surface area contributed by atoms with Crippen molar-refractivity contribution in [3.8, 4) is 0 Å². The van der Waals surface area contributed by atoms with E-state index in [0.29, 0.717) is 0 Å². The lowest BCUT2D eigenvalue weighted by atomic mass is 10.1. The normalized spacial score (nSPS) is 11.3. The van der Waals surface area contributed by atoms with Crippen LogP contribution in [0.3, 0.4) is 0 Å². The third-order valence-corrected chi connectivity index (χ3v) is 4.83. The monoisotopic (exact) mass is 359 g/mol. The van der Waals surface area contributed by atoms with Gasteiger partial charge in [-0.1, -0.05) is 42.5 Å². The van der Waals surface area contributed by atoms with Crippen molar-refractivity contribution in [2.24, 2.45) is 0 Å². The number of hydrogen-bond acceptors (Lipinski definition) is 4. The number of aromatic amines is 1. The van der Waals surface area contributed by atoms with Crippen molar-refractivity contribution >= 4 is 27.8 Å². The second-order valence-corrected chi connectivity index (χ2v) is 6.88. The first-order chi connectivity index (χ1) is 13.3. The van der Waals surface area contributed by atoms with Crippen LogP contribution in [0.25, 0.3) is 21.9 Å². The summed E-state index contributed by atoms with van der Waals surface area (Å²) in [6.07, 6.45) is 1.76. The van der Waals surface area contributed by atoms with Crippen LogP contribution in [-0.4, -0.2) is 35.1 Å². The number of anilines is 1. The summed E-state index contributed by atoms with van der Waals surface area (Å²) in [4.78, 5) is 13.2. The van der Waals surface area contributed by atoms with Crippen LogP contribution in [0.2, 0.25) is 0 Å². The molecule has 5 heteroatoms. The Bertz CT molecular complexity index is 1050. The molecule has 0 fully saturated rings. The molecule has 5 nitrogen and oxygen atoms in total. The van der Waals surface area contributed by atoms with Crippen LogP contribution in [0.15, 0.2) is 48.5 Å². The number of aryl methyl sites for hydroxylation is 1. The van der Waals surface area contributed by atoms with Gasteiger partial charge < -0.3 is 15.6 Å². The van der Waals surface area contributed by atoms with Gasteiger partial charge in [0.2, 0.25) is 0 Å². The number of fused-ring (bicyclic) bond motifs is 3. The first kappa shape index (κ1) is 17.5. The fraction of sp³-hybridized carbons (Fsp3) is 0.273. The molecule has 4 rings (SSSR count). The highest BCUT2D eigenvalue weighted by Crippen LogP contribution is 2.32. The highest BCUT2D eigenvalue weighted by Gasteiger charge is 2.15. The molecule has 0 atom stereocenters. The largest absolute Gasteiger partial charge is 0.369 e. The van der Waals surface area contributed by atoms with Gasteiger partial charge in [0.15, 0.2) is 0 Å². The van der Waals surface area contributed by atoms with Gasteiger partial charge in [-0.25, -0.2) is 9.97 Å². The van der Waals surface area contributed by atoms with Crippen molar-refractivity contribution in [3.05, 3.63) is 65.5 Å². The van der Waals surface area contributed by atoms with E-state index in [1.807, 2.05) is 13.1 Å². The summed E-state index contributed by atoms with van der Waals surface area (Å²) in [7, 11) is 1.98. The summed E-state index contributed by atoms with van der Waals surface area (Å²) >= 11 is 0. The van der Waals surface area contributed by atoms with E-state index >= 15 is 0 Å². The highest BCUT2D eigenvalue weighted by atomic mass is 15.1. The van der Waals surface area contributed by atoms with E-state index in [-0.39, 0.29) is 0 Å². The maximum absolute atomic E-state index is 4.89. The molecule has 4 aromatic rings. The molecule has 0 bridgehead atoms. The molecule has 0 aliphatic rings. The van der Waals surface area contributed by atoms with Crippen molar-refractivity contribution in [2.45, 2.75) is 19.8 Å². The fourth-order valence-electron chi connectivity index (χ4n) is 3.52. The molecule has 0 saturated carbocycles. The minimum absolute atomic E-state index is 0.719. The second-order valence-electron chi connectivity index (χ2n) is 6.88. The number of nitrogens with zero attached hydrogens (tertiary/aromatic N) is 2. The molecule has 3 N–H and O–H groups in total. The van der Waals surface area contributed by atoms with Gasteiger partial charge in [0.1, 0.15) is 17.3 Å². The Morgan fingerprint density at radius 1 is 0.926 bits per heavy atom. The van der Waals surface area contributed by atoms with Crippen LogP contribution in [0.1, 0.15) is 23.4 Å². The molecule has 27 heavy (non-hydrogen) atoms. The van der Waals surface area contributed by atoms with Gasteiger partial charge in [-0.05, 0) is 44.1 Å². The maximum Gasteiger partial charge on any atom is 0.144 e. The summed E-state index contributed by atoms with van der Waals surface area (Å²) in [6, 6.07) is 16.7. The summed E-state index contributed by atoms with van der Waals surface area (Å²) in [5.74, 6) is 1.75. The van der Waals surface area contributed by atoms with E-state index in [0.717, 1.165) is 54.1 Å². The zero-order valence-electron chi connectivity index (χ0n) is 15.8. The molecule has 2 heterocycles. The van der Waals surface area contributed by atoms with E-state index < -0.39 is 0 Å². The third kappa shape index (κ3) is 3.64. The van der Waals surface area contributed by atoms with E-state index in [4.69, 9.17) is 9.97 Å². The predicted molar refractivity (Wildman–Crippen MR) is 112 cm³/mol. The van der Waals surface area contributed by atoms with Crippen LogP contribution < -0.4 is 10.6 Å². The summed E-state index contributed by atoms with van der Waals surface area (Å²) in [5.41, 5.74) is 4.45. The SMILES string of the molecule is CNCCCNc1nc(Cc2ccccc2)nc2[nH]c3cccc(C)c3c12. The molecule has 0 amide bonds. The summed E-state index contributed by atoms with van der Waals surface area (Å²) in [6.45, 7) is 3.99. The Labute approximate surface area is 159 Å². The number of rotatable bonds is 7. The molecule has 0 unspecified atom stereocenters. The molecule has 138 valence electrons. The molecule has 2 aromatic carbocycles. The lowest BCUT2D eigenvalue weighted by Crippen LogP contribution is -2.14. The number of benzene rings is 2. The molecular weight excluding hydrogens is 334 g/mol. The van der Waals surface area contributed by atoms with Crippen LogP contribution >= 0.6 is 0 Å². The van der Waals surface area contributed by atoms with Crippen LogP contribution in [-0.2, 0) is 6.42 Å². The first-order valence-corrected chi connectivity index (χ1v) is 9.46. The molecule has 0 aliphatic carbocycles. The van der Waals surface area contributed by atoms with Gasteiger partial charge in [-0.3, -0.25) is 0 Å². The van der Waals surface area contributed by atoms with Gasteiger partial charge in [0, 0.05) is 23.9 Å². The second kappa shape index (κ2) is 7.76. The molecule has 0 saturated heterocycles. The number of aromatic nitrogens is 3. The summed E-state index contributed by atoms with van der Waals surface area (Å²) in [5, 5.41) is 9.02. The van der Waals surface area contributed by atoms with Crippen LogP contribution in [0, 0.1) is 6.92 Å². The number of hydrogen-bond donors (Lipinski definition) is 3. The van der Waals surface area contributed by atoms with Crippen molar-refractivity contribution in [2.75, 3.05) is 25.5 Å². The van der Waals surface area contributed by atoms with E-state index in [1.54, 1.807) is 0 Å². The van der Waals surface area contributed by atoms with Gasteiger partial charge in [0.05, 0.1) is 5.39 Å². The van der Waals surface area contributed by atoms with Crippen molar-refractivity contribution in [3.63, 3.8) is 0 Å². The molecule has 2 aromatic heterocycles. The minimum Gasteiger partial charge on any atom is -0.369 e. The van der Waals surface area contributed by atoms with E-state index in [2.05, 4.69) is 65.0 Å². The number of nitrogens with one attached hydrogen (secondary N) is 3. The Kier molecular flexibility index (Phi) is 5.03. The zero-order chi connectivity index (χ0) is 18.6. The Hall–Kier alpha value is -2.92. The van der Waals surface area contributed by atoms with Gasteiger partial charge in [-0.15, -0.1) is 0 Å². The van der Waals surface area contributed by atoms with E-state index in [9.17, 15) is 0 Å². The lowest BCUT2D eigenvalue weighted by molar-refractivity contribution is 0.746. The zero-order valence-corrected chi connectivity index (χ0v) is 15.8. The third-order valence-electron chi connectivity index (χ3n) is 4.83. The highest BCUT2D eigenvalue weighted by molar-refractivity contribution is 6.12. The predicted octanol–water partition coefficient (Wildman–Crippen LogP) is 4.03. The molecule has 0 aliphatic heterocycles. The quantitative estimate of drug-likeness (QED) is 0.436. The average molecular weight is 359 g/mol. The van der Waals surface area contributed by atoms with E-state index in [1.165, 1.54) is 16.5 Å². The molecule has 0 spiro atoms. The van der Waals surface area contributed by atoms with Crippen molar-refractivity contribution in [1.29, 1.82) is 0 Å². The fourth-order valence-corrected chi connectivity index (χ4v) is 3.52. The molecule has 0 radical (unpaired) electrons. The van der Waals surface area contributed by atoms with Crippen LogP contribution in [0.4, 0.5) is 5.82 Å². The van der Waals surface area contributed by atoms with Gasteiger partial charge in [0.25, 0.3) is 0 Å². The standard InChI is InChI=1S/C22H25N5/c1-15-8-6-11-17-19(15)20-21(24-13-7-12-23-2)26-18(27-22(20)25-17)14-16-9-4-3-5-10-16/h3-6,8-11,23H,7,12-14H2,1-2H3,(H2,24,25,26,27). The Balaban J connectivity index is 1.79. The summed E-state index contributed by atoms with van der Waals surface area (Å²) < 4.78 is 0. The Morgan fingerprint density at radius 2 is 1.78 bits per heavy atom.